The van der Waals surface area contributed by atoms with Gasteiger partial charge in [0.1, 0.15) is 0 Å². The van der Waals surface area contributed by atoms with Crippen LogP contribution >= 0.6 is 0 Å². The molecule has 0 aromatic carbocycles. The van der Waals surface area contributed by atoms with Gasteiger partial charge in [0, 0.05) is 13.0 Å². The Labute approximate surface area is 94.8 Å². The van der Waals surface area contributed by atoms with Crippen LogP contribution in [0.1, 0.15) is 60.3 Å². The number of hydrogen-bond donors (Lipinski definition) is 1. The summed E-state index contributed by atoms with van der Waals surface area (Å²) in [5.74, 6) is 1.42. The molecule has 1 atom stereocenters. The van der Waals surface area contributed by atoms with E-state index in [1.807, 2.05) is 0 Å². The first-order chi connectivity index (χ1) is 6.93. The highest BCUT2D eigenvalue weighted by Crippen LogP contribution is 2.13. The van der Waals surface area contributed by atoms with Crippen molar-refractivity contribution in [3.05, 3.63) is 0 Å². The number of unbranched alkanes of at least 4 members (excludes halogenated alkanes) is 1. The first-order valence-corrected chi connectivity index (χ1v) is 6.20. The molecule has 0 aliphatic carbocycles. The molecule has 15 heavy (non-hydrogen) atoms. The van der Waals surface area contributed by atoms with Crippen molar-refractivity contribution >= 4 is 5.91 Å². The Bertz CT molecular complexity index is 175. The van der Waals surface area contributed by atoms with E-state index in [-0.39, 0.29) is 5.91 Å². The fraction of sp³-hybridized carbons (Fsp3) is 0.923. The van der Waals surface area contributed by atoms with Gasteiger partial charge in [-0.2, -0.15) is 0 Å². The highest BCUT2D eigenvalue weighted by atomic mass is 16.1. The van der Waals surface area contributed by atoms with Crippen LogP contribution in [0.2, 0.25) is 0 Å². The predicted octanol–water partition coefficient (Wildman–Crippen LogP) is 3.36. The van der Waals surface area contributed by atoms with Gasteiger partial charge >= 0.3 is 0 Å². The SMILES string of the molecule is CC(=O)N[C@@H](CCCCC(C)C)C(C)C. The van der Waals surface area contributed by atoms with Crippen molar-refractivity contribution in [1.82, 2.24) is 5.32 Å². The van der Waals surface area contributed by atoms with Crippen LogP contribution in [0.5, 0.6) is 0 Å². The summed E-state index contributed by atoms with van der Waals surface area (Å²) in [6.45, 7) is 10.5. The molecule has 0 saturated carbocycles. The van der Waals surface area contributed by atoms with Gasteiger partial charge in [-0.15, -0.1) is 0 Å². The van der Waals surface area contributed by atoms with Crippen LogP contribution in [-0.4, -0.2) is 11.9 Å². The van der Waals surface area contributed by atoms with Crippen molar-refractivity contribution < 1.29 is 4.79 Å². The van der Waals surface area contributed by atoms with Gasteiger partial charge < -0.3 is 5.32 Å². The second kappa shape index (κ2) is 7.72. The van der Waals surface area contributed by atoms with E-state index in [1.165, 1.54) is 19.3 Å². The molecule has 0 saturated heterocycles. The van der Waals surface area contributed by atoms with Crippen molar-refractivity contribution in [2.45, 2.75) is 66.3 Å². The Balaban J connectivity index is 3.71. The molecular weight excluding hydrogens is 186 g/mol. The molecule has 1 amide bonds. The third-order valence-corrected chi connectivity index (χ3v) is 2.74. The number of carbonyl (C=O) groups is 1. The van der Waals surface area contributed by atoms with Crippen LogP contribution in [0.15, 0.2) is 0 Å². The minimum atomic E-state index is 0.0950. The summed E-state index contributed by atoms with van der Waals surface area (Å²) < 4.78 is 0. The van der Waals surface area contributed by atoms with E-state index in [0.717, 1.165) is 12.3 Å². The third-order valence-electron chi connectivity index (χ3n) is 2.74. The molecular formula is C13H27NO. The maximum absolute atomic E-state index is 11.0. The van der Waals surface area contributed by atoms with Crippen LogP contribution < -0.4 is 5.32 Å². The van der Waals surface area contributed by atoms with Crippen LogP contribution in [0, 0.1) is 11.8 Å². The Morgan fingerprint density at radius 3 is 2.00 bits per heavy atom. The number of nitrogens with one attached hydrogen (secondary N) is 1. The van der Waals surface area contributed by atoms with Gasteiger partial charge in [-0.05, 0) is 18.3 Å². The van der Waals surface area contributed by atoms with E-state index in [0.29, 0.717) is 12.0 Å². The Kier molecular flexibility index (Phi) is 7.45. The summed E-state index contributed by atoms with van der Waals surface area (Å²) in [5.41, 5.74) is 0. The molecule has 0 radical (unpaired) electrons. The lowest BCUT2D eigenvalue weighted by Gasteiger charge is -2.21. The monoisotopic (exact) mass is 213 g/mol. The average Bonchev–Trinajstić information content (AvgIpc) is 2.08. The minimum Gasteiger partial charge on any atom is -0.353 e. The summed E-state index contributed by atoms with van der Waals surface area (Å²) in [5, 5.41) is 3.03. The highest BCUT2D eigenvalue weighted by molar-refractivity contribution is 5.73. The molecule has 0 spiro atoms. The second-order valence-electron chi connectivity index (χ2n) is 5.23. The van der Waals surface area contributed by atoms with E-state index in [1.54, 1.807) is 6.92 Å². The minimum absolute atomic E-state index is 0.0950. The summed E-state index contributed by atoms with van der Waals surface area (Å²) in [7, 11) is 0. The largest absolute Gasteiger partial charge is 0.353 e. The smallest absolute Gasteiger partial charge is 0.217 e. The van der Waals surface area contributed by atoms with Gasteiger partial charge in [0.05, 0.1) is 0 Å². The lowest BCUT2D eigenvalue weighted by Crippen LogP contribution is -2.37. The molecule has 0 aromatic rings. The van der Waals surface area contributed by atoms with Crippen molar-refractivity contribution in [2.24, 2.45) is 11.8 Å². The number of amides is 1. The Hall–Kier alpha value is -0.530. The first-order valence-electron chi connectivity index (χ1n) is 6.20. The molecule has 0 bridgehead atoms. The molecule has 90 valence electrons. The molecule has 2 nitrogen and oxygen atoms in total. The van der Waals surface area contributed by atoms with Crippen molar-refractivity contribution in [1.29, 1.82) is 0 Å². The van der Waals surface area contributed by atoms with Crippen molar-refractivity contribution in [3.63, 3.8) is 0 Å². The molecule has 2 heteroatoms. The van der Waals surface area contributed by atoms with Gasteiger partial charge in [0.15, 0.2) is 0 Å². The lowest BCUT2D eigenvalue weighted by atomic mass is 9.96. The van der Waals surface area contributed by atoms with E-state index in [4.69, 9.17) is 0 Å². The Morgan fingerprint density at radius 1 is 1.07 bits per heavy atom. The van der Waals surface area contributed by atoms with E-state index >= 15 is 0 Å². The van der Waals surface area contributed by atoms with Gasteiger partial charge in [-0.1, -0.05) is 47.0 Å². The quantitative estimate of drug-likeness (QED) is 0.645. The van der Waals surface area contributed by atoms with Gasteiger partial charge in [0.25, 0.3) is 0 Å². The van der Waals surface area contributed by atoms with Gasteiger partial charge in [-0.3, -0.25) is 4.79 Å². The fourth-order valence-corrected chi connectivity index (χ4v) is 1.75. The summed E-state index contributed by atoms with van der Waals surface area (Å²) in [4.78, 5) is 11.0. The van der Waals surface area contributed by atoms with Crippen molar-refractivity contribution in [2.75, 3.05) is 0 Å². The fourth-order valence-electron chi connectivity index (χ4n) is 1.75. The average molecular weight is 213 g/mol. The molecule has 0 fully saturated rings. The number of rotatable bonds is 7. The molecule has 1 N–H and O–H groups in total. The maximum atomic E-state index is 11.0. The summed E-state index contributed by atoms with van der Waals surface area (Å²) >= 11 is 0. The van der Waals surface area contributed by atoms with E-state index < -0.39 is 0 Å². The summed E-state index contributed by atoms with van der Waals surface area (Å²) in [6, 6.07) is 0.356. The van der Waals surface area contributed by atoms with Crippen LogP contribution in [0.25, 0.3) is 0 Å². The zero-order valence-corrected chi connectivity index (χ0v) is 11.0. The third kappa shape index (κ3) is 8.46. The Morgan fingerprint density at radius 2 is 1.60 bits per heavy atom. The van der Waals surface area contributed by atoms with Crippen LogP contribution in [-0.2, 0) is 4.79 Å². The first kappa shape index (κ1) is 14.5. The molecule has 0 rings (SSSR count). The lowest BCUT2D eigenvalue weighted by molar-refractivity contribution is -0.120. The normalized spacial score (nSPS) is 13.3. The van der Waals surface area contributed by atoms with Crippen molar-refractivity contribution in [3.8, 4) is 0 Å². The molecule has 0 unspecified atom stereocenters. The molecule has 0 aliphatic rings. The maximum Gasteiger partial charge on any atom is 0.217 e. The standard InChI is InChI=1S/C13H27NO/c1-10(2)8-6-7-9-13(11(3)4)14-12(5)15/h10-11,13H,6-9H2,1-5H3,(H,14,15)/t13-/m0/s1. The number of hydrogen-bond acceptors (Lipinski definition) is 1. The summed E-state index contributed by atoms with van der Waals surface area (Å²) in [6.07, 6.45) is 4.91. The van der Waals surface area contributed by atoms with Crippen LogP contribution in [0.4, 0.5) is 0 Å². The zero-order valence-electron chi connectivity index (χ0n) is 11.0. The highest BCUT2D eigenvalue weighted by Gasteiger charge is 2.13. The van der Waals surface area contributed by atoms with E-state index in [9.17, 15) is 4.79 Å². The molecule has 0 aliphatic heterocycles. The van der Waals surface area contributed by atoms with Crippen LogP contribution in [0.3, 0.4) is 0 Å². The topological polar surface area (TPSA) is 29.1 Å². The zero-order chi connectivity index (χ0) is 11.8. The van der Waals surface area contributed by atoms with E-state index in [2.05, 4.69) is 33.0 Å². The molecule has 0 heterocycles. The van der Waals surface area contributed by atoms with Gasteiger partial charge in [-0.25, -0.2) is 0 Å². The number of carbonyl (C=O) groups excluding carboxylic acids is 1. The van der Waals surface area contributed by atoms with Gasteiger partial charge in [0.2, 0.25) is 5.91 Å². The molecule has 0 aromatic heterocycles. The predicted molar refractivity (Wildman–Crippen MR) is 65.7 cm³/mol. The second-order valence-corrected chi connectivity index (χ2v) is 5.23.